The maximum absolute atomic E-state index is 5.84. The summed E-state index contributed by atoms with van der Waals surface area (Å²) in [7, 11) is 0. The van der Waals surface area contributed by atoms with Gasteiger partial charge < -0.3 is 0 Å². The van der Waals surface area contributed by atoms with Crippen LogP contribution in [0, 0.1) is 20.8 Å². The molecule has 2 aromatic rings. The molecule has 2 nitrogen and oxygen atoms in total. The molecule has 1 aromatic heterocycles. The van der Waals surface area contributed by atoms with Crippen LogP contribution in [0.25, 0.3) is 5.69 Å². The van der Waals surface area contributed by atoms with E-state index in [1.807, 2.05) is 11.6 Å². The Kier molecular flexibility index (Phi) is 3.01. The summed E-state index contributed by atoms with van der Waals surface area (Å²) in [6.07, 6.45) is 0. The molecule has 0 saturated heterocycles. The van der Waals surface area contributed by atoms with Crippen molar-refractivity contribution in [2.24, 2.45) is 0 Å². The SMILES string of the molecule is Cc1cc(C)n(-c2ccc(CCl)c(C)c2)n1. The topological polar surface area (TPSA) is 17.8 Å². The predicted octanol–water partition coefficient (Wildman–Crippen LogP) is 3.54. The third kappa shape index (κ3) is 1.98. The Labute approximate surface area is 101 Å². The van der Waals surface area contributed by atoms with E-state index in [0.717, 1.165) is 17.1 Å². The smallest absolute Gasteiger partial charge is 0.0651 e. The van der Waals surface area contributed by atoms with Gasteiger partial charge in [-0.3, -0.25) is 0 Å². The van der Waals surface area contributed by atoms with Crippen LogP contribution in [-0.4, -0.2) is 9.78 Å². The normalized spacial score (nSPS) is 10.8. The number of halogens is 1. The lowest BCUT2D eigenvalue weighted by atomic mass is 10.1. The van der Waals surface area contributed by atoms with E-state index in [0.29, 0.717) is 5.88 Å². The summed E-state index contributed by atoms with van der Waals surface area (Å²) >= 11 is 5.84. The average molecular weight is 235 g/mol. The zero-order valence-corrected chi connectivity index (χ0v) is 10.5. The molecular weight excluding hydrogens is 220 g/mol. The van der Waals surface area contributed by atoms with Gasteiger partial charge >= 0.3 is 0 Å². The van der Waals surface area contributed by atoms with Crippen molar-refractivity contribution in [1.29, 1.82) is 0 Å². The van der Waals surface area contributed by atoms with Gasteiger partial charge in [-0.2, -0.15) is 5.10 Å². The van der Waals surface area contributed by atoms with Crippen molar-refractivity contribution in [3.8, 4) is 5.69 Å². The van der Waals surface area contributed by atoms with Crippen molar-refractivity contribution in [2.75, 3.05) is 0 Å². The quantitative estimate of drug-likeness (QED) is 0.727. The maximum Gasteiger partial charge on any atom is 0.0651 e. The molecule has 0 aliphatic carbocycles. The average Bonchev–Trinajstić information content (AvgIpc) is 2.58. The molecule has 1 aromatic carbocycles. The van der Waals surface area contributed by atoms with E-state index in [1.165, 1.54) is 11.1 Å². The first-order valence-electron chi connectivity index (χ1n) is 5.31. The minimum Gasteiger partial charge on any atom is -0.238 e. The first kappa shape index (κ1) is 11.2. The number of alkyl halides is 1. The number of aromatic nitrogens is 2. The summed E-state index contributed by atoms with van der Waals surface area (Å²) in [4.78, 5) is 0. The zero-order chi connectivity index (χ0) is 11.7. The van der Waals surface area contributed by atoms with E-state index in [1.54, 1.807) is 0 Å². The standard InChI is InChI=1S/C13H15ClN2/c1-9-6-13(5-4-12(9)8-14)16-11(3)7-10(2)15-16/h4-7H,8H2,1-3H3. The van der Waals surface area contributed by atoms with Crippen molar-refractivity contribution in [1.82, 2.24) is 9.78 Å². The fourth-order valence-electron chi connectivity index (χ4n) is 1.85. The van der Waals surface area contributed by atoms with Crippen molar-refractivity contribution >= 4 is 11.6 Å². The number of hydrogen-bond acceptors (Lipinski definition) is 1. The lowest BCUT2D eigenvalue weighted by Gasteiger charge is -2.08. The van der Waals surface area contributed by atoms with Crippen LogP contribution < -0.4 is 0 Å². The van der Waals surface area contributed by atoms with Crippen LogP contribution in [0.4, 0.5) is 0 Å². The van der Waals surface area contributed by atoms with E-state index >= 15 is 0 Å². The second kappa shape index (κ2) is 4.30. The van der Waals surface area contributed by atoms with Crippen LogP contribution in [0.1, 0.15) is 22.5 Å². The Hall–Kier alpha value is -1.28. The summed E-state index contributed by atoms with van der Waals surface area (Å²) in [5.74, 6) is 0.559. The van der Waals surface area contributed by atoms with Gasteiger partial charge in [0.1, 0.15) is 0 Å². The van der Waals surface area contributed by atoms with Crippen LogP contribution in [0.15, 0.2) is 24.3 Å². The molecule has 84 valence electrons. The summed E-state index contributed by atoms with van der Waals surface area (Å²) in [5.41, 5.74) is 5.66. The molecule has 0 spiro atoms. The minimum atomic E-state index is 0.559. The maximum atomic E-state index is 5.84. The molecule has 0 radical (unpaired) electrons. The molecule has 1 heterocycles. The second-order valence-electron chi connectivity index (χ2n) is 4.08. The molecule has 2 rings (SSSR count). The summed E-state index contributed by atoms with van der Waals surface area (Å²) < 4.78 is 1.96. The van der Waals surface area contributed by atoms with Gasteiger partial charge in [-0.05, 0) is 50.1 Å². The zero-order valence-electron chi connectivity index (χ0n) is 9.79. The Morgan fingerprint density at radius 1 is 1.19 bits per heavy atom. The summed E-state index contributed by atoms with van der Waals surface area (Å²) in [6, 6.07) is 8.32. The number of benzene rings is 1. The van der Waals surface area contributed by atoms with Crippen LogP contribution >= 0.6 is 11.6 Å². The largest absolute Gasteiger partial charge is 0.238 e. The third-order valence-corrected chi connectivity index (χ3v) is 3.01. The molecule has 0 unspecified atom stereocenters. The van der Waals surface area contributed by atoms with Crippen LogP contribution in [-0.2, 0) is 5.88 Å². The van der Waals surface area contributed by atoms with Crippen molar-refractivity contribution in [3.05, 3.63) is 46.8 Å². The fourth-order valence-corrected chi connectivity index (χ4v) is 2.15. The Bertz CT molecular complexity index is 515. The van der Waals surface area contributed by atoms with E-state index in [9.17, 15) is 0 Å². The summed E-state index contributed by atoms with van der Waals surface area (Å²) in [5, 5.41) is 4.46. The van der Waals surface area contributed by atoms with Crippen molar-refractivity contribution < 1.29 is 0 Å². The van der Waals surface area contributed by atoms with Crippen LogP contribution in [0.3, 0.4) is 0 Å². The van der Waals surface area contributed by atoms with E-state index < -0.39 is 0 Å². The van der Waals surface area contributed by atoms with Gasteiger partial charge in [0.15, 0.2) is 0 Å². The van der Waals surface area contributed by atoms with Crippen molar-refractivity contribution in [2.45, 2.75) is 26.7 Å². The van der Waals surface area contributed by atoms with Gasteiger partial charge in [-0.1, -0.05) is 6.07 Å². The van der Waals surface area contributed by atoms with Crippen LogP contribution in [0.5, 0.6) is 0 Å². The van der Waals surface area contributed by atoms with E-state index in [-0.39, 0.29) is 0 Å². The van der Waals surface area contributed by atoms with E-state index in [2.05, 4.69) is 43.2 Å². The first-order chi connectivity index (χ1) is 7.61. The molecule has 0 amide bonds. The number of aryl methyl sites for hydroxylation is 3. The molecule has 0 aliphatic heterocycles. The van der Waals surface area contributed by atoms with Gasteiger partial charge in [0.2, 0.25) is 0 Å². The molecule has 0 saturated carbocycles. The Morgan fingerprint density at radius 2 is 1.94 bits per heavy atom. The number of hydrogen-bond donors (Lipinski definition) is 0. The Morgan fingerprint density at radius 3 is 2.44 bits per heavy atom. The highest BCUT2D eigenvalue weighted by atomic mass is 35.5. The van der Waals surface area contributed by atoms with Gasteiger partial charge in [0, 0.05) is 11.6 Å². The van der Waals surface area contributed by atoms with Gasteiger partial charge in [-0.25, -0.2) is 4.68 Å². The first-order valence-corrected chi connectivity index (χ1v) is 5.84. The molecule has 0 aliphatic rings. The molecule has 0 atom stereocenters. The third-order valence-electron chi connectivity index (χ3n) is 2.72. The van der Waals surface area contributed by atoms with Gasteiger partial charge in [-0.15, -0.1) is 11.6 Å². The number of nitrogens with zero attached hydrogens (tertiary/aromatic N) is 2. The monoisotopic (exact) mass is 234 g/mol. The molecule has 3 heteroatoms. The van der Waals surface area contributed by atoms with Gasteiger partial charge in [0.05, 0.1) is 11.4 Å². The number of rotatable bonds is 2. The van der Waals surface area contributed by atoms with Crippen molar-refractivity contribution in [3.63, 3.8) is 0 Å². The molecular formula is C13H15ClN2. The predicted molar refractivity (Wildman–Crippen MR) is 67.3 cm³/mol. The molecule has 16 heavy (non-hydrogen) atoms. The fraction of sp³-hybridized carbons (Fsp3) is 0.308. The van der Waals surface area contributed by atoms with Crippen LogP contribution in [0.2, 0.25) is 0 Å². The highest BCUT2D eigenvalue weighted by molar-refractivity contribution is 6.17. The molecule has 0 N–H and O–H groups in total. The van der Waals surface area contributed by atoms with E-state index in [4.69, 9.17) is 11.6 Å². The lowest BCUT2D eigenvalue weighted by molar-refractivity contribution is 0.832. The molecule has 0 fully saturated rings. The second-order valence-corrected chi connectivity index (χ2v) is 4.35. The minimum absolute atomic E-state index is 0.559. The highest BCUT2D eigenvalue weighted by Gasteiger charge is 2.05. The lowest BCUT2D eigenvalue weighted by Crippen LogP contribution is -2.00. The summed E-state index contributed by atoms with van der Waals surface area (Å²) in [6.45, 7) is 6.14. The highest BCUT2D eigenvalue weighted by Crippen LogP contribution is 2.17. The molecule has 0 bridgehead atoms. The Balaban J connectivity index is 2.49. The van der Waals surface area contributed by atoms with Gasteiger partial charge in [0.25, 0.3) is 0 Å².